The smallest absolute Gasteiger partial charge is 0.222 e. The van der Waals surface area contributed by atoms with Gasteiger partial charge in [-0.3, -0.25) is 4.79 Å². The molecule has 0 radical (unpaired) electrons. The standard InChI is InChI=1S/C8H9NOS/c1-5-2-3-11-8(5)6-4-7(10)9-6/h2-3,6H,4H2,1H3,(H,9,10). The molecular weight excluding hydrogens is 158 g/mol. The molecule has 0 bridgehead atoms. The lowest BCUT2D eigenvalue weighted by molar-refractivity contribution is -0.128. The van der Waals surface area contributed by atoms with Crippen molar-refractivity contribution in [2.45, 2.75) is 19.4 Å². The van der Waals surface area contributed by atoms with Crippen molar-refractivity contribution in [1.29, 1.82) is 0 Å². The van der Waals surface area contributed by atoms with Crippen LogP contribution in [0.4, 0.5) is 0 Å². The van der Waals surface area contributed by atoms with Crippen LogP contribution in [0.3, 0.4) is 0 Å². The quantitative estimate of drug-likeness (QED) is 0.633. The van der Waals surface area contributed by atoms with Crippen LogP contribution in [0.1, 0.15) is 22.9 Å². The van der Waals surface area contributed by atoms with E-state index in [2.05, 4.69) is 23.7 Å². The summed E-state index contributed by atoms with van der Waals surface area (Å²) in [4.78, 5) is 11.9. The first-order valence-corrected chi connectivity index (χ1v) is 4.48. The van der Waals surface area contributed by atoms with E-state index < -0.39 is 0 Å². The average molecular weight is 167 g/mol. The molecule has 2 nitrogen and oxygen atoms in total. The van der Waals surface area contributed by atoms with Gasteiger partial charge in [0.25, 0.3) is 0 Å². The van der Waals surface area contributed by atoms with Gasteiger partial charge in [-0.2, -0.15) is 0 Å². The molecule has 1 aliphatic rings. The van der Waals surface area contributed by atoms with Gasteiger partial charge in [0.15, 0.2) is 0 Å². The Morgan fingerprint density at radius 2 is 2.45 bits per heavy atom. The fourth-order valence-electron chi connectivity index (χ4n) is 1.26. The molecule has 1 aromatic heterocycles. The normalized spacial score (nSPS) is 22.6. The van der Waals surface area contributed by atoms with E-state index in [0.29, 0.717) is 12.5 Å². The number of carbonyl (C=O) groups is 1. The zero-order valence-electron chi connectivity index (χ0n) is 6.26. The summed E-state index contributed by atoms with van der Waals surface area (Å²) in [6.45, 7) is 2.08. The zero-order chi connectivity index (χ0) is 7.84. The van der Waals surface area contributed by atoms with Crippen molar-refractivity contribution in [1.82, 2.24) is 5.32 Å². The Morgan fingerprint density at radius 1 is 1.73 bits per heavy atom. The predicted octanol–water partition coefficient (Wildman–Crippen LogP) is 1.62. The van der Waals surface area contributed by atoms with Gasteiger partial charge >= 0.3 is 0 Å². The maximum absolute atomic E-state index is 10.6. The molecule has 1 aliphatic heterocycles. The first-order valence-electron chi connectivity index (χ1n) is 3.61. The molecule has 0 aromatic carbocycles. The monoisotopic (exact) mass is 167 g/mol. The second-order valence-electron chi connectivity index (χ2n) is 2.79. The molecule has 0 saturated carbocycles. The molecule has 1 unspecified atom stereocenters. The minimum atomic E-state index is 0.169. The summed E-state index contributed by atoms with van der Waals surface area (Å²) in [5.74, 6) is 0.169. The number of rotatable bonds is 1. The Bertz CT molecular complexity index is 284. The molecular formula is C8H9NOS. The average Bonchev–Trinajstić information content (AvgIpc) is 2.29. The molecule has 3 heteroatoms. The van der Waals surface area contributed by atoms with Crippen molar-refractivity contribution in [3.8, 4) is 0 Å². The molecule has 2 rings (SSSR count). The molecule has 0 aliphatic carbocycles. The maximum atomic E-state index is 10.6. The Kier molecular flexibility index (Phi) is 1.46. The van der Waals surface area contributed by atoms with Crippen molar-refractivity contribution in [2.75, 3.05) is 0 Å². The van der Waals surface area contributed by atoms with Gasteiger partial charge in [0.1, 0.15) is 0 Å². The van der Waals surface area contributed by atoms with Crippen molar-refractivity contribution < 1.29 is 4.79 Å². The number of carbonyl (C=O) groups excluding carboxylic acids is 1. The summed E-state index contributed by atoms with van der Waals surface area (Å²) < 4.78 is 0. The van der Waals surface area contributed by atoms with Gasteiger partial charge < -0.3 is 5.32 Å². The number of thiophene rings is 1. The largest absolute Gasteiger partial charge is 0.348 e. The first-order chi connectivity index (χ1) is 5.27. The van der Waals surface area contributed by atoms with Crippen LogP contribution in [-0.2, 0) is 4.79 Å². The Hall–Kier alpha value is -0.830. The number of β-lactam (4-membered cyclic amide) rings is 1. The lowest BCUT2D eigenvalue weighted by atomic mass is 10.0. The van der Waals surface area contributed by atoms with E-state index in [1.165, 1.54) is 10.4 Å². The highest BCUT2D eigenvalue weighted by Gasteiger charge is 2.28. The van der Waals surface area contributed by atoms with E-state index in [-0.39, 0.29) is 5.91 Å². The molecule has 1 amide bonds. The lowest BCUT2D eigenvalue weighted by Crippen LogP contribution is -2.41. The number of aryl methyl sites for hydroxylation is 1. The molecule has 1 atom stereocenters. The topological polar surface area (TPSA) is 29.1 Å². The predicted molar refractivity (Wildman–Crippen MR) is 44.6 cm³/mol. The number of hydrogen-bond acceptors (Lipinski definition) is 2. The molecule has 1 aromatic rings. The molecule has 58 valence electrons. The van der Waals surface area contributed by atoms with Crippen LogP contribution in [0.15, 0.2) is 11.4 Å². The second kappa shape index (κ2) is 2.34. The van der Waals surface area contributed by atoms with Gasteiger partial charge in [-0.1, -0.05) is 0 Å². The first kappa shape index (κ1) is 6.85. The Labute approximate surface area is 69.2 Å². The summed E-state index contributed by atoms with van der Waals surface area (Å²) in [6.07, 6.45) is 0.668. The SMILES string of the molecule is Cc1ccsc1C1CC(=O)N1. The third-order valence-corrected chi connectivity index (χ3v) is 3.08. The van der Waals surface area contributed by atoms with E-state index >= 15 is 0 Å². The van der Waals surface area contributed by atoms with Crippen LogP contribution in [0.2, 0.25) is 0 Å². The van der Waals surface area contributed by atoms with Crippen molar-refractivity contribution >= 4 is 17.2 Å². The fourth-order valence-corrected chi connectivity index (χ4v) is 2.24. The molecule has 1 saturated heterocycles. The Morgan fingerprint density at radius 3 is 2.91 bits per heavy atom. The van der Waals surface area contributed by atoms with Crippen molar-refractivity contribution in [2.24, 2.45) is 0 Å². The highest BCUT2D eigenvalue weighted by Crippen LogP contribution is 2.30. The van der Waals surface area contributed by atoms with Crippen LogP contribution in [0, 0.1) is 6.92 Å². The molecule has 11 heavy (non-hydrogen) atoms. The van der Waals surface area contributed by atoms with Crippen molar-refractivity contribution in [3.63, 3.8) is 0 Å². The molecule has 1 fully saturated rings. The fraction of sp³-hybridized carbons (Fsp3) is 0.375. The van der Waals surface area contributed by atoms with Gasteiger partial charge in [-0.15, -0.1) is 11.3 Å². The molecule has 0 spiro atoms. The van der Waals surface area contributed by atoms with E-state index in [1.807, 2.05) is 0 Å². The van der Waals surface area contributed by atoms with Crippen LogP contribution < -0.4 is 5.32 Å². The number of nitrogens with one attached hydrogen (secondary N) is 1. The van der Waals surface area contributed by atoms with Crippen molar-refractivity contribution in [3.05, 3.63) is 21.9 Å². The minimum Gasteiger partial charge on any atom is -0.348 e. The lowest BCUT2D eigenvalue weighted by Gasteiger charge is -2.26. The van der Waals surface area contributed by atoms with E-state index in [0.717, 1.165) is 0 Å². The maximum Gasteiger partial charge on any atom is 0.222 e. The highest BCUT2D eigenvalue weighted by molar-refractivity contribution is 7.10. The van der Waals surface area contributed by atoms with Crippen LogP contribution in [0.25, 0.3) is 0 Å². The molecule has 1 N–H and O–H groups in total. The third kappa shape index (κ3) is 1.05. The van der Waals surface area contributed by atoms with Gasteiger partial charge in [0, 0.05) is 4.88 Å². The summed E-state index contributed by atoms with van der Waals surface area (Å²) in [5, 5.41) is 4.92. The summed E-state index contributed by atoms with van der Waals surface area (Å²) >= 11 is 1.72. The van der Waals surface area contributed by atoms with Crippen LogP contribution in [0.5, 0.6) is 0 Å². The van der Waals surface area contributed by atoms with E-state index in [9.17, 15) is 4.79 Å². The number of hydrogen-bond donors (Lipinski definition) is 1. The summed E-state index contributed by atoms with van der Waals surface area (Å²) in [6, 6.07) is 2.40. The number of amides is 1. The highest BCUT2D eigenvalue weighted by atomic mass is 32.1. The zero-order valence-corrected chi connectivity index (χ0v) is 7.07. The summed E-state index contributed by atoms with van der Waals surface area (Å²) in [5.41, 5.74) is 1.29. The summed E-state index contributed by atoms with van der Waals surface area (Å²) in [7, 11) is 0. The van der Waals surface area contributed by atoms with E-state index in [4.69, 9.17) is 0 Å². The van der Waals surface area contributed by atoms with Gasteiger partial charge in [-0.25, -0.2) is 0 Å². The van der Waals surface area contributed by atoms with E-state index in [1.54, 1.807) is 11.3 Å². The second-order valence-corrected chi connectivity index (χ2v) is 3.74. The molecule has 2 heterocycles. The van der Waals surface area contributed by atoms with Gasteiger partial charge in [0.2, 0.25) is 5.91 Å². The van der Waals surface area contributed by atoms with Crippen LogP contribution in [-0.4, -0.2) is 5.91 Å². The van der Waals surface area contributed by atoms with Crippen LogP contribution >= 0.6 is 11.3 Å². The Balaban J connectivity index is 2.18. The third-order valence-electron chi connectivity index (χ3n) is 1.94. The van der Waals surface area contributed by atoms with Gasteiger partial charge in [-0.05, 0) is 23.9 Å². The van der Waals surface area contributed by atoms with Gasteiger partial charge in [0.05, 0.1) is 12.5 Å². The minimum absolute atomic E-state index is 0.169.